The zero-order valence-electron chi connectivity index (χ0n) is 12.0. The summed E-state index contributed by atoms with van der Waals surface area (Å²) < 4.78 is 0. The lowest BCUT2D eigenvalue weighted by Gasteiger charge is -1.95. The number of hydrogen-bond donors (Lipinski definition) is 0. The van der Waals surface area contributed by atoms with Gasteiger partial charge in [-0.2, -0.15) is 0 Å². The van der Waals surface area contributed by atoms with Crippen molar-refractivity contribution in [2.45, 2.75) is 82.1 Å². The fourth-order valence-electron chi connectivity index (χ4n) is 0.577. The fourth-order valence-corrected chi connectivity index (χ4v) is 0.577. The molecule has 0 nitrogen and oxygen atoms in total. The van der Waals surface area contributed by atoms with E-state index in [-0.39, 0.29) is 7.43 Å². The summed E-state index contributed by atoms with van der Waals surface area (Å²) in [6.45, 7) is 20.2. The van der Waals surface area contributed by atoms with Crippen LogP contribution in [0.15, 0.2) is 12.7 Å². The maximum Gasteiger partial charge on any atom is -0.0471 e. The molecule has 0 amide bonds. The van der Waals surface area contributed by atoms with Gasteiger partial charge < -0.3 is 0 Å². The summed E-state index contributed by atoms with van der Waals surface area (Å²) in [5.41, 5.74) is 0. The van der Waals surface area contributed by atoms with Crippen LogP contribution in [0.4, 0.5) is 0 Å². The molecule has 0 heteroatoms. The van der Waals surface area contributed by atoms with Crippen molar-refractivity contribution in [3.05, 3.63) is 12.7 Å². The summed E-state index contributed by atoms with van der Waals surface area (Å²) >= 11 is 0. The van der Waals surface area contributed by atoms with Crippen LogP contribution in [0.3, 0.4) is 0 Å². The first-order chi connectivity index (χ1) is 6.60. The third-order valence-corrected chi connectivity index (χ3v) is 0.866. The van der Waals surface area contributed by atoms with E-state index in [0.717, 1.165) is 5.92 Å². The smallest absolute Gasteiger partial charge is 0.0471 e. The Hall–Kier alpha value is -0.260. The molecule has 0 atom stereocenters. The molecule has 0 aromatic heterocycles. The molecule has 0 N–H and O–H groups in total. The second-order valence-electron chi connectivity index (χ2n) is 3.30. The second-order valence-corrected chi connectivity index (χ2v) is 3.30. The van der Waals surface area contributed by atoms with Crippen LogP contribution >= 0.6 is 0 Å². The molecule has 15 heavy (non-hydrogen) atoms. The van der Waals surface area contributed by atoms with E-state index in [9.17, 15) is 0 Å². The molecule has 0 spiro atoms. The Bertz CT molecular complexity index is 53.1. The maximum atomic E-state index is 3.36. The minimum Gasteiger partial charge on any atom is -0.103 e. The fraction of sp³-hybridized carbons (Fsp3) is 0.867. The molecule has 0 aliphatic rings. The molecule has 0 unspecified atom stereocenters. The van der Waals surface area contributed by atoms with E-state index in [1.54, 1.807) is 6.08 Å². The topological polar surface area (TPSA) is 0 Å². The van der Waals surface area contributed by atoms with E-state index < -0.39 is 0 Å². The van der Waals surface area contributed by atoms with Crippen molar-refractivity contribution >= 4 is 0 Å². The number of rotatable bonds is 2. The summed E-state index contributed by atoms with van der Waals surface area (Å²) in [6, 6.07) is 0. The molecule has 0 heterocycles. The molecule has 0 aliphatic heterocycles. The van der Waals surface area contributed by atoms with Gasteiger partial charge in [0.1, 0.15) is 0 Å². The Kier molecular flexibility index (Phi) is 96.0. The Morgan fingerprint density at radius 1 is 1.07 bits per heavy atom. The van der Waals surface area contributed by atoms with Crippen molar-refractivity contribution in [3.8, 4) is 0 Å². The minimum absolute atomic E-state index is 0. The van der Waals surface area contributed by atoms with Crippen LogP contribution in [0.25, 0.3) is 0 Å². The molecule has 0 aliphatic carbocycles. The average molecular weight is 218 g/mol. The summed E-state index contributed by atoms with van der Waals surface area (Å²) in [5, 5.41) is 0. The van der Waals surface area contributed by atoms with Gasteiger partial charge in [-0.25, -0.2) is 0 Å². The molecule has 0 saturated carbocycles. The lowest BCUT2D eigenvalue weighted by atomic mass is 10.1. The summed E-state index contributed by atoms with van der Waals surface area (Å²) in [4.78, 5) is 0. The van der Waals surface area contributed by atoms with Crippen LogP contribution in [-0.4, -0.2) is 0 Å². The van der Waals surface area contributed by atoms with E-state index in [0.29, 0.717) is 0 Å². The van der Waals surface area contributed by atoms with Gasteiger partial charge in [0, 0.05) is 0 Å². The molecule has 98 valence electrons. The SMILES string of the molecule is C.C=CC.CC.CCC.CCCC(C)C. The van der Waals surface area contributed by atoms with Crippen LogP contribution in [0, 0.1) is 5.92 Å². The molecule has 0 aromatic rings. The van der Waals surface area contributed by atoms with Crippen molar-refractivity contribution in [2.24, 2.45) is 5.92 Å². The van der Waals surface area contributed by atoms with Crippen molar-refractivity contribution in [1.29, 1.82) is 0 Å². The van der Waals surface area contributed by atoms with E-state index in [2.05, 4.69) is 41.2 Å². The Balaban J connectivity index is -0.0000000322. The van der Waals surface area contributed by atoms with E-state index in [1.807, 2.05) is 20.8 Å². The van der Waals surface area contributed by atoms with Gasteiger partial charge in [-0.05, 0) is 12.8 Å². The van der Waals surface area contributed by atoms with E-state index in [1.165, 1.54) is 19.3 Å². The first kappa shape index (κ1) is 29.3. The van der Waals surface area contributed by atoms with E-state index >= 15 is 0 Å². The third-order valence-electron chi connectivity index (χ3n) is 0.866. The van der Waals surface area contributed by atoms with Gasteiger partial charge in [-0.1, -0.05) is 81.2 Å². The lowest BCUT2D eigenvalue weighted by molar-refractivity contribution is 0.576. The molecule has 0 radical (unpaired) electrons. The zero-order chi connectivity index (χ0) is 12.4. The largest absolute Gasteiger partial charge is 0.103 e. The molecule has 0 rings (SSSR count). The van der Waals surface area contributed by atoms with Gasteiger partial charge in [0.05, 0.1) is 0 Å². The predicted octanol–water partition coefficient (Wildman–Crippen LogP) is 6.71. The first-order valence-corrected chi connectivity index (χ1v) is 6.17. The molecule has 0 aromatic carbocycles. The minimum atomic E-state index is 0. The Labute approximate surface area is 101 Å². The molecular formula is C15H38. The highest BCUT2D eigenvalue weighted by molar-refractivity contribution is 4.51. The van der Waals surface area contributed by atoms with Crippen molar-refractivity contribution in [3.63, 3.8) is 0 Å². The van der Waals surface area contributed by atoms with Gasteiger partial charge in [0.15, 0.2) is 0 Å². The summed E-state index contributed by atoms with van der Waals surface area (Å²) in [6.07, 6.45) is 5.71. The first-order valence-electron chi connectivity index (χ1n) is 6.17. The normalized spacial score (nSPS) is 6.47. The van der Waals surface area contributed by atoms with E-state index in [4.69, 9.17) is 0 Å². The van der Waals surface area contributed by atoms with Gasteiger partial charge in [0.2, 0.25) is 0 Å². The highest BCUT2D eigenvalue weighted by Crippen LogP contribution is 2.00. The van der Waals surface area contributed by atoms with Crippen LogP contribution in [0.2, 0.25) is 0 Å². The maximum absolute atomic E-state index is 3.36. The monoisotopic (exact) mass is 218 g/mol. The van der Waals surface area contributed by atoms with Crippen molar-refractivity contribution in [2.75, 3.05) is 0 Å². The standard InChI is InChI=1S/C6H14.C3H8.C3H6.C2H6.CH4/c1-4-5-6(2)3;2*1-3-2;1-2;/h6H,4-5H2,1-3H3;3H2,1-2H3;3H,1H2,2H3;1-2H3;1H4. The van der Waals surface area contributed by atoms with Crippen LogP contribution in [0.1, 0.15) is 82.1 Å². The average Bonchev–Trinajstić information content (AvgIpc) is 2.10. The highest BCUT2D eigenvalue weighted by atomic mass is 13.9. The van der Waals surface area contributed by atoms with Crippen molar-refractivity contribution < 1.29 is 0 Å². The summed E-state index contributed by atoms with van der Waals surface area (Å²) in [5.74, 6) is 0.898. The predicted molar refractivity (Wildman–Crippen MR) is 79.7 cm³/mol. The third kappa shape index (κ3) is 252. The van der Waals surface area contributed by atoms with Gasteiger partial charge in [0.25, 0.3) is 0 Å². The Morgan fingerprint density at radius 3 is 1.27 bits per heavy atom. The van der Waals surface area contributed by atoms with Gasteiger partial charge in [-0.3, -0.25) is 0 Å². The molecular weight excluding hydrogens is 180 g/mol. The van der Waals surface area contributed by atoms with Crippen LogP contribution < -0.4 is 0 Å². The number of hydrogen-bond acceptors (Lipinski definition) is 0. The highest BCUT2D eigenvalue weighted by Gasteiger charge is 1.85. The van der Waals surface area contributed by atoms with Crippen molar-refractivity contribution in [1.82, 2.24) is 0 Å². The quantitative estimate of drug-likeness (QED) is 0.452. The Morgan fingerprint density at radius 2 is 1.27 bits per heavy atom. The molecule has 0 fully saturated rings. The van der Waals surface area contributed by atoms with Gasteiger partial charge in [-0.15, -0.1) is 6.58 Å². The van der Waals surface area contributed by atoms with Crippen LogP contribution in [-0.2, 0) is 0 Å². The summed E-state index contributed by atoms with van der Waals surface area (Å²) in [7, 11) is 0. The molecule has 0 bridgehead atoms. The van der Waals surface area contributed by atoms with Crippen LogP contribution in [0.5, 0.6) is 0 Å². The number of allylic oxidation sites excluding steroid dienone is 1. The zero-order valence-corrected chi connectivity index (χ0v) is 12.0. The lowest BCUT2D eigenvalue weighted by Crippen LogP contribution is -1.81. The molecule has 0 saturated heterocycles. The second kappa shape index (κ2) is 49.1. The van der Waals surface area contributed by atoms with Gasteiger partial charge >= 0.3 is 0 Å².